The Morgan fingerprint density at radius 2 is 1.40 bits per heavy atom. The maximum Gasteiger partial charge on any atom is 0.337 e. The molecular weight excluding hydrogens is 602 g/mol. The lowest BCUT2D eigenvalue weighted by atomic mass is 10.1. The van der Waals surface area contributed by atoms with Crippen LogP contribution < -0.4 is 22.4 Å². The normalized spacial score (nSPS) is 14.8. The lowest BCUT2D eigenvalue weighted by Gasteiger charge is -2.11. The van der Waals surface area contributed by atoms with E-state index in [9.17, 15) is 28.0 Å². The van der Waals surface area contributed by atoms with E-state index in [-0.39, 0.29) is 27.5 Å². The van der Waals surface area contributed by atoms with E-state index in [1.807, 2.05) is 6.26 Å². The van der Waals surface area contributed by atoms with Gasteiger partial charge >= 0.3 is 17.8 Å². The van der Waals surface area contributed by atoms with Gasteiger partial charge in [-0.15, -0.1) is 0 Å². The molecule has 4 aromatic heterocycles. The molecule has 0 spiro atoms. The molecule has 4 aromatic rings. The molecule has 4 heterocycles. The van der Waals surface area contributed by atoms with Gasteiger partial charge in [-0.25, -0.2) is 14.2 Å². The summed E-state index contributed by atoms with van der Waals surface area (Å²) in [5, 5.41) is 0.688. The van der Waals surface area contributed by atoms with Crippen LogP contribution in [0.15, 0.2) is 50.5 Å². The highest BCUT2D eigenvalue weighted by molar-refractivity contribution is 7.98. The van der Waals surface area contributed by atoms with Crippen LogP contribution >= 0.6 is 23.5 Å². The second-order valence-corrected chi connectivity index (χ2v) is 12.4. The average molecular weight is 635 g/mol. The Balaban J connectivity index is 0.000000173. The predicted octanol–water partition coefficient (Wildman–Crippen LogP) is 5.53. The van der Waals surface area contributed by atoms with E-state index in [2.05, 4.69) is 15.0 Å². The first kappa shape index (κ1) is 31.2. The SMILES string of the molecule is CSc1nc2oc(=O)cc(CCCC3CC3)c2c(=O)[nH]1.CSc1nc2oc(=O)cc(CCCC3CC3)c2c(=O)n1C(F)F. The number of nitrogens with zero attached hydrogens (tertiary/aromatic N) is 3. The summed E-state index contributed by atoms with van der Waals surface area (Å²) in [5.41, 5.74) is -0.979. The summed E-state index contributed by atoms with van der Waals surface area (Å²) in [7, 11) is 0. The van der Waals surface area contributed by atoms with Gasteiger partial charge in [0, 0.05) is 12.1 Å². The molecule has 0 unspecified atom stereocenters. The molecular formula is C29H32F2N4O6S2. The maximum absolute atomic E-state index is 13.2. The van der Waals surface area contributed by atoms with Crippen molar-refractivity contribution in [2.24, 2.45) is 11.8 Å². The lowest BCUT2D eigenvalue weighted by Crippen LogP contribution is -2.25. The number of hydrogen-bond acceptors (Lipinski definition) is 10. The van der Waals surface area contributed by atoms with Gasteiger partial charge in [0.25, 0.3) is 11.1 Å². The fourth-order valence-electron chi connectivity index (χ4n) is 5.09. The third kappa shape index (κ3) is 7.64. The molecule has 0 atom stereocenters. The Morgan fingerprint density at radius 3 is 1.88 bits per heavy atom. The quantitative estimate of drug-likeness (QED) is 0.165. The predicted molar refractivity (Wildman–Crippen MR) is 162 cm³/mol. The van der Waals surface area contributed by atoms with E-state index in [0.29, 0.717) is 27.1 Å². The molecule has 2 aliphatic carbocycles. The van der Waals surface area contributed by atoms with Gasteiger partial charge in [0.15, 0.2) is 10.3 Å². The number of hydrogen-bond donors (Lipinski definition) is 1. The first-order valence-electron chi connectivity index (χ1n) is 14.2. The standard InChI is InChI=1S/C15H16F2N2O3S.C14H16N2O3S/c1-23-15-18-12-11(13(21)19(15)14(16)17)9(7-10(20)22-12)4-2-3-8-5-6-8;1-20-14-15-12(18)11-9(4-2-3-8-5-6-8)7-10(17)19-13(11)16-14/h7-8,14H,2-6H2,1H3;7-8H,2-6H2,1H3,(H,15,16,18). The van der Waals surface area contributed by atoms with Crippen molar-refractivity contribution in [3.8, 4) is 0 Å². The van der Waals surface area contributed by atoms with Gasteiger partial charge in [-0.1, -0.05) is 62.0 Å². The van der Waals surface area contributed by atoms with Crippen molar-refractivity contribution >= 4 is 45.7 Å². The Labute approximate surface area is 252 Å². The van der Waals surface area contributed by atoms with Gasteiger partial charge in [0.05, 0.1) is 0 Å². The number of rotatable bonds is 11. The van der Waals surface area contributed by atoms with Crippen LogP contribution in [-0.2, 0) is 12.8 Å². The van der Waals surface area contributed by atoms with Gasteiger partial charge in [-0.2, -0.15) is 18.7 Å². The van der Waals surface area contributed by atoms with Crippen molar-refractivity contribution in [2.45, 2.75) is 81.1 Å². The zero-order valence-corrected chi connectivity index (χ0v) is 25.5. The van der Waals surface area contributed by atoms with Crippen molar-refractivity contribution in [1.82, 2.24) is 19.5 Å². The minimum Gasteiger partial charge on any atom is -0.403 e. The summed E-state index contributed by atoms with van der Waals surface area (Å²) < 4.78 is 36.8. The zero-order chi connectivity index (χ0) is 30.7. The lowest BCUT2D eigenvalue weighted by molar-refractivity contribution is 0.0556. The summed E-state index contributed by atoms with van der Waals surface area (Å²) in [4.78, 5) is 58.7. The molecule has 230 valence electrons. The molecule has 0 radical (unpaired) electrons. The van der Waals surface area contributed by atoms with E-state index in [1.54, 1.807) is 0 Å². The van der Waals surface area contributed by atoms with Crippen LogP contribution in [0.1, 0.15) is 69.0 Å². The van der Waals surface area contributed by atoms with E-state index in [4.69, 9.17) is 8.83 Å². The molecule has 0 bridgehead atoms. The minimum absolute atomic E-state index is 0.0153. The topological polar surface area (TPSA) is 141 Å². The van der Waals surface area contributed by atoms with Crippen molar-refractivity contribution < 1.29 is 17.6 Å². The Bertz CT molecular complexity index is 1860. The summed E-state index contributed by atoms with van der Waals surface area (Å²) in [5.74, 6) is 1.57. The molecule has 14 heteroatoms. The number of thioether (sulfide) groups is 2. The van der Waals surface area contributed by atoms with Crippen molar-refractivity contribution in [3.05, 3.63) is 64.8 Å². The van der Waals surface area contributed by atoms with Crippen molar-refractivity contribution in [1.29, 1.82) is 0 Å². The fourth-order valence-corrected chi connectivity index (χ4v) is 6.00. The summed E-state index contributed by atoms with van der Waals surface area (Å²) in [6, 6.07) is 2.64. The fraction of sp³-hybridized carbons (Fsp3) is 0.517. The van der Waals surface area contributed by atoms with Crippen molar-refractivity contribution in [3.63, 3.8) is 0 Å². The molecule has 0 amide bonds. The molecule has 6 rings (SSSR count). The van der Waals surface area contributed by atoms with E-state index < -0.39 is 23.4 Å². The van der Waals surface area contributed by atoms with Crippen molar-refractivity contribution in [2.75, 3.05) is 12.5 Å². The summed E-state index contributed by atoms with van der Waals surface area (Å²) in [6.07, 6.45) is 13.6. The highest BCUT2D eigenvalue weighted by atomic mass is 32.2. The molecule has 1 N–H and O–H groups in total. The van der Waals surface area contributed by atoms with Crippen LogP contribution in [-0.4, -0.2) is 32.0 Å². The van der Waals surface area contributed by atoms with Gasteiger partial charge in [0.1, 0.15) is 10.8 Å². The Hall–Kier alpha value is -3.26. The number of H-pyrrole nitrogens is 1. The zero-order valence-electron chi connectivity index (χ0n) is 23.8. The highest BCUT2D eigenvalue weighted by Gasteiger charge is 2.24. The van der Waals surface area contributed by atoms with Gasteiger partial charge in [0.2, 0.25) is 11.4 Å². The third-order valence-electron chi connectivity index (χ3n) is 7.62. The highest BCUT2D eigenvalue weighted by Crippen LogP contribution is 2.35. The number of aryl methyl sites for hydroxylation is 2. The number of aromatic nitrogens is 4. The van der Waals surface area contributed by atoms with Crippen LogP contribution in [0.5, 0.6) is 0 Å². The number of aromatic amines is 1. The summed E-state index contributed by atoms with van der Waals surface area (Å²) >= 11 is 2.22. The smallest absolute Gasteiger partial charge is 0.337 e. The van der Waals surface area contributed by atoms with Crippen LogP contribution in [0.25, 0.3) is 22.2 Å². The second kappa shape index (κ2) is 13.6. The molecule has 43 heavy (non-hydrogen) atoms. The van der Waals surface area contributed by atoms with E-state index >= 15 is 0 Å². The Morgan fingerprint density at radius 1 is 0.860 bits per heavy atom. The number of halogens is 2. The van der Waals surface area contributed by atoms with Crippen LogP contribution in [0.2, 0.25) is 0 Å². The first-order valence-corrected chi connectivity index (χ1v) is 16.7. The van der Waals surface area contributed by atoms with Crippen LogP contribution in [0.4, 0.5) is 8.78 Å². The first-order chi connectivity index (χ1) is 20.7. The monoisotopic (exact) mass is 634 g/mol. The third-order valence-corrected chi connectivity index (χ3v) is 8.85. The van der Waals surface area contributed by atoms with Gasteiger partial charge < -0.3 is 13.8 Å². The Kier molecular flexibility index (Phi) is 9.85. The molecule has 0 aliphatic heterocycles. The largest absolute Gasteiger partial charge is 0.403 e. The molecule has 0 saturated heterocycles. The van der Waals surface area contributed by atoms with E-state index in [0.717, 1.165) is 61.3 Å². The molecule has 0 aromatic carbocycles. The van der Waals surface area contributed by atoms with Crippen LogP contribution in [0.3, 0.4) is 0 Å². The number of alkyl halides is 2. The summed E-state index contributed by atoms with van der Waals surface area (Å²) in [6.45, 7) is -2.99. The molecule has 10 nitrogen and oxygen atoms in total. The molecule has 2 fully saturated rings. The molecule has 2 saturated carbocycles. The second-order valence-electron chi connectivity index (χ2n) is 10.8. The van der Waals surface area contributed by atoms with Crippen LogP contribution in [0, 0.1) is 11.8 Å². The average Bonchev–Trinajstić information content (AvgIpc) is 3.88. The maximum atomic E-state index is 13.2. The van der Waals surface area contributed by atoms with Gasteiger partial charge in [-0.3, -0.25) is 9.59 Å². The van der Waals surface area contributed by atoms with Gasteiger partial charge in [-0.05, 0) is 61.2 Å². The van der Waals surface area contributed by atoms with E-state index in [1.165, 1.54) is 55.8 Å². The minimum atomic E-state index is -2.99. The molecule has 2 aliphatic rings. The number of fused-ring (bicyclic) bond motifs is 2. The number of nitrogens with one attached hydrogen (secondary N) is 1.